The van der Waals surface area contributed by atoms with Crippen LogP contribution in [0.5, 0.6) is 11.5 Å². The Hall–Kier alpha value is -1.80. The Morgan fingerprint density at radius 3 is 2.68 bits per heavy atom. The van der Waals surface area contributed by atoms with Gasteiger partial charge < -0.3 is 9.47 Å². The van der Waals surface area contributed by atoms with Gasteiger partial charge in [-0.1, -0.05) is 25.0 Å². The summed E-state index contributed by atoms with van der Waals surface area (Å²) in [5.74, 6) is 1.53. The first-order chi connectivity index (χ1) is 9.36. The van der Waals surface area contributed by atoms with Crippen LogP contribution in [0.15, 0.2) is 23.2 Å². The van der Waals surface area contributed by atoms with Crippen molar-refractivity contribution in [1.29, 1.82) is 0 Å². The van der Waals surface area contributed by atoms with Crippen LogP contribution < -0.4 is 9.47 Å². The Bertz CT molecular complexity index is 514. The van der Waals surface area contributed by atoms with Crippen molar-refractivity contribution in [3.63, 3.8) is 0 Å². The zero-order chi connectivity index (χ0) is 13.1. The van der Waals surface area contributed by atoms with E-state index in [-0.39, 0.29) is 0 Å². The molecule has 19 heavy (non-hydrogen) atoms. The number of hydrogen-bond acceptors (Lipinski definition) is 4. The van der Waals surface area contributed by atoms with Crippen LogP contribution in [-0.2, 0) is 10.3 Å². The summed E-state index contributed by atoms with van der Waals surface area (Å²) in [6, 6.07) is 5.86. The Kier molecular flexibility index (Phi) is 3.26. The van der Waals surface area contributed by atoms with Crippen molar-refractivity contribution in [2.24, 2.45) is 4.99 Å². The molecule has 0 saturated heterocycles. The van der Waals surface area contributed by atoms with E-state index >= 15 is 0 Å². The Morgan fingerprint density at radius 2 is 1.89 bits per heavy atom. The first kappa shape index (κ1) is 12.2. The molecule has 0 unspecified atom stereocenters. The SMILES string of the molecule is O=C=NC1(c2cccc3c2OCCCO3)CCCC1. The lowest BCUT2D eigenvalue weighted by molar-refractivity contribution is 0.293. The highest BCUT2D eigenvalue weighted by Gasteiger charge is 2.39. The standard InChI is InChI=1S/C15H17NO3/c17-11-16-15(7-1-2-8-15)12-5-3-6-13-14(12)19-10-4-9-18-13/h3,5-6H,1-2,4,7-10H2. The largest absolute Gasteiger partial charge is 0.490 e. The molecule has 0 radical (unpaired) electrons. The number of isocyanates is 1. The highest BCUT2D eigenvalue weighted by atomic mass is 16.5. The van der Waals surface area contributed by atoms with Gasteiger partial charge in [0.15, 0.2) is 11.5 Å². The first-order valence-electron chi connectivity index (χ1n) is 6.84. The molecule has 0 atom stereocenters. The third kappa shape index (κ3) is 2.13. The summed E-state index contributed by atoms with van der Waals surface area (Å²) in [5.41, 5.74) is 0.522. The van der Waals surface area contributed by atoms with Crippen LogP contribution >= 0.6 is 0 Å². The van der Waals surface area contributed by atoms with Gasteiger partial charge in [-0.15, -0.1) is 0 Å². The average Bonchev–Trinajstić information content (AvgIpc) is 2.76. The van der Waals surface area contributed by atoms with Gasteiger partial charge in [0.25, 0.3) is 0 Å². The number of aliphatic imine (C=N–C) groups is 1. The van der Waals surface area contributed by atoms with Gasteiger partial charge in [0, 0.05) is 12.0 Å². The summed E-state index contributed by atoms with van der Waals surface area (Å²) in [7, 11) is 0. The molecule has 1 saturated carbocycles. The minimum Gasteiger partial charge on any atom is -0.490 e. The van der Waals surface area contributed by atoms with Crippen LogP contribution in [0.4, 0.5) is 0 Å². The molecule has 4 nitrogen and oxygen atoms in total. The second-order valence-electron chi connectivity index (χ2n) is 5.13. The van der Waals surface area contributed by atoms with Crippen molar-refractivity contribution in [2.75, 3.05) is 13.2 Å². The van der Waals surface area contributed by atoms with Crippen LogP contribution in [0.25, 0.3) is 0 Å². The third-order valence-corrected chi connectivity index (χ3v) is 3.96. The number of para-hydroxylation sites is 1. The maximum atomic E-state index is 10.8. The lowest BCUT2D eigenvalue weighted by atomic mass is 9.88. The molecule has 2 aliphatic rings. The topological polar surface area (TPSA) is 47.9 Å². The molecular weight excluding hydrogens is 242 g/mol. The molecule has 4 heteroatoms. The molecule has 0 spiro atoms. The molecular formula is C15H17NO3. The fourth-order valence-electron chi connectivity index (χ4n) is 3.05. The van der Waals surface area contributed by atoms with Gasteiger partial charge in [0.2, 0.25) is 6.08 Å². The number of carbonyl (C=O) groups excluding carboxylic acids is 1. The van der Waals surface area contributed by atoms with Crippen molar-refractivity contribution in [3.05, 3.63) is 23.8 Å². The quantitative estimate of drug-likeness (QED) is 0.606. The second-order valence-corrected chi connectivity index (χ2v) is 5.13. The molecule has 1 aromatic carbocycles. The average molecular weight is 259 g/mol. The molecule has 100 valence electrons. The molecule has 1 aliphatic heterocycles. The van der Waals surface area contributed by atoms with E-state index in [9.17, 15) is 4.79 Å². The summed E-state index contributed by atoms with van der Waals surface area (Å²) in [4.78, 5) is 14.9. The van der Waals surface area contributed by atoms with Crippen LogP contribution in [-0.4, -0.2) is 19.3 Å². The van der Waals surface area contributed by atoms with Gasteiger partial charge in [-0.25, -0.2) is 4.79 Å². The maximum Gasteiger partial charge on any atom is 0.235 e. The summed E-state index contributed by atoms with van der Waals surface area (Å²) < 4.78 is 11.6. The molecule has 1 heterocycles. The number of fused-ring (bicyclic) bond motifs is 1. The molecule has 0 N–H and O–H groups in total. The molecule has 0 amide bonds. The van der Waals surface area contributed by atoms with Crippen LogP contribution in [0, 0.1) is 0 Å². The van der Waals surface area contributed by atoms with E-state index in [1.165, 1.54) is 0 Å². The van der Waals surface area contributed by atoms with E-state index in [2.05, 4.69) is 4.99 Å². The molecule has 3 rings (SSSR count). The predicted molar refractivity (Wildman–Crippen MR) is 70.3 cm³/mol. The molecule has 1 aliphatic carbocycles. The Balaban J connectivity index is 2.11. The van der Waals surface area contributed by atoms with E-state index < -0.39 is 5.54 Å². The smallest absolute Gasteiger partial charge is 0.235 e. The monoisotopic (exact) mass is 259 g/mol. The van der Waals surface area contributed by atoms with Crippen molar-refractivity contribution >= 4 is 6.08 Å². The van der Waals surface area contributed by atoms with Gasteiger partial charge in [-0.2, -0.15) is 4.99 Å². The zero-order valence-electron chi connectivity index (χ0n) is 10.9. The molecule has 0 aromatic heterocycles. The van der Waals surface area contributed by atoms with E-state index in [4.69, 9.17) is 9.47 Å². The van der Waals surface area contributed by atoms with Gasteiger partial charge in [-0.3, -0.25) is 0 Å². The van der Waals surface area contributed by atoms with E-state index in [1.807, 2.05) is 18.2 Å². The molecule has 0 bridgehead atoms. The van der Waals surface area contributed by atoms with Gasteiger partial charge in [0.1, 0.15) is 5.54 Å². The summed E-state index contributed by atoms with van der Waals surface area (Å²) in [5, 5.41) is 0. The van der Waals surface area contributed by atoms with Crippen molar-refractivity contribution in [2.45, 2.75) is 37.6 Å². The first-order valence-corrected chi connectivity index (χ1v) is 6.84. The van der Waals surface area contributed by atoms with Crippen molar-refractivity contribution in [3.8, 4) is 11.5 Å². The van der Waals surface area contributed by atoms with E-state index in [0.717, 1.165) is 49.2 Å². The number of hydrogen-bond donors (Lipinski definition) is 0. The van der Waals surface area contributed by atoms with E-state index in [1.54, 1.807) is 6.08 Å². The number of benzene rings is 1. The van der Waals surface area contributed by atoms with E-state index in [0.29, 0.717) is 13.2 Å². The minimum absolute atomic E-state index is 0.458. The maximum absolute atomic E-state index is 10.8. The lowest BCUT2D eigenvalue weighted by Gasteiger charge is -2.25. The van der Waals surface area contributed by atoms with Crippen molar-refractivity contribution < 1.29 is 14.3 Å². The third-order valence-electron chi connectivity index (χ3n) is 3.96. The summed E-state index contributed by atoms with van der Waals surface area (Å²) in [6.07, 6.45) is 6.54. The van der Waals surface area contributed by atoms with Gasteiger partial charge in [0.05, 0.1) is 13.2 Å². The normalized spacial score (nSPS) is 20.4. The highest BCUT2D eigenvalue weighted by Crippen LogP contribution is 2.48. The summed E-state index contributed by atoms with van der Waals surface area (Å²) >= 11 is 0. The van der Waals surface area contributed by atoms with Crippen LogP contribution in [0.2, 0.25) is 0 Å². The van der Waals surface area contributed by atoms with Crippen LogP contribution in [0.3, 0.4) is 0 Å². The van der Waals surface area contributed by atoms with Crippen LogP contribution in [0.1, 0.15) is 37.7 Å². The fraction of sp³-hybridized carbons (Fsp3) is 0.533. The Labute approximate surface area is 112 Å². The number of nitrogens with zero attached hydrogens (tertiary/aromatic N) is 1. The predicted octanol–water partition coefficient (Wildman–Crippen LogP) is 2.95. The van der Waals surface area contributed by atoms with Crippen molar-refractivity contribution in [1.82, 2.24) is 0 Å². The highest BCUT2D eigenvalue weighted by molar-refractivity contribution is 5.52. The summed E-state index contributed by atoms with van der Waals surface area (Å²) in [6.45, 7) is 1.31. The number of rotatable bonds is 2. The zero-order valence-corrected chi connectivity index (χ0v) is 10.9. The number of ether oxygens (including phenoxy) is 2. The van der Waals surface area contributed by atoms with Gasteiger partial charge >= 0.3 is 0 Å². The molecule has 1 fully saturated rings. The van der Waals surface area contributed by atoms with Gasteiger partial charge in [-0.05, 0) is 18.9 Å². The fourth-order valence-corrected chi connectivity index (χ4v) is 3.05. The Morgan fingerprint density at radius 1 is 1.11 bits per heavy atom. The minimum atomic E-state index is -0.458. The second kappa shape index (κ2) is 5.06. The lowest BCUT2D eigenvalue weighted by Crippen LogP contribution is -2.20. The molecule has 1 aromatic rings.